The Labute approximate surface area is 281 Å². The van der Waals surface area contributed by atoms with E-state index in [0.29, 0.717) is 13.0 Å². The zero-order valence-electron chi connectivity index (χ0n) is 26.7. The number of rotatable bonds is 6. The molecule has 16 heteroatoms. The van der Waals surface area contributed by atoms with Crippen molar-refractivity contribution in [1.82, 2.24) is 24.8 Å². The zero-order valence-corrected chi connectivity index (χ0v) is 27.5. The lowest BCUT2D eigenvalue weighted by Crippen LogP contribution is -2.58. The number of carbonyl (C=O) groups is 1. The number of alkyl halides is 4. The smallest absolute Gasteiger partial charge is 0.417 e. The maximum absolute atomic E-state index is 17.0. The van der Waals surface area contributed by atoms with E-state index in [1.165, 1.54) is 6.08 Å². The quantitative estimate of drug-likeness (QED) is 0.183. The number of piperazine rings is 1. The van der Waals surface area contributed by atoms with Crippen molar-refractivity contribution in [3.8, 4) is 17.1 Å². The number of aromatic nitrogens is 3. The van der Waals surface area contributed by atoms with Crippen LogP contribution < -0.4 is 15.4 Å². The molecule has 5 heterocycles. The minimum Gasteiger partial charge on any atom is -0.461 e. The zero-order chi connectivity index (χ0) is 35.0. The van der Waals surface area contributed by atoms with Gasteiger partial charge in [0.2, 0.25) is 5.91 Å². The number of ether oxygens (including phenoxy) is 1. The SMILES string of the molecule is C=CC(=O)N1C[C@H](C)N(c2nc(OC[C@]34CCCN3C[C@H](F)C4)nc3c(F)c(-c4ccc(F)c5sc(N)nc45)c(C(F)(F)F)cc23)C[C@H]1C. The van der Waals surface area contributed by atoms with E-state index in [1.54, 1.807) is 23.6 Å². The molecule has 260 valence electrons. The molecule has 3 saturated heterocycles. The molecule has 4 atom stereocenters. The Kier molecular flexibility index (Phi) is 8.16. The molecular weight excluding hydrogens is 672 g/mol. The van der Waals surface area contributed by atoms with Gasteiger partial charge in [-0.1, -0.05) is 17.9 Å². The largest absolute Gasteiger partial charge is 0.461 e. The first-order valence-electron chi connectivity index (χ1n) is 15.9. The third-order valence-corrected chi connectivity index (χ3v) is 10.8. The molecule has 3 fully saturated rings. The maximum Gasteiger partial charge on any atom is 0.417 e. The van der Waals surface area contributed by atoms with E-state index < -0.39 is 58.2 Å². The van der Waals surface area contributed by atoms with Gasteiger partial charge in [-0.15, -0.1) is 0 Å². The van der Waals surface area contributed by atoms with Crippen LogP contribution >= 0.6 is 11.3 Å². The maximum atomic E-state index is 17.0. The van der Waals surface area contributed by atoms with Crippen molar-refractivity contribution in [3.63, 3.8) is 0 Å². The van der Waals surface area contributed by atoms with Crippen LogP contribution in [0, 0.1) is 11.6 Å². The lowest BCUT2D eigenvalue weighted by Gasteiger charge is -2.44. The second-order valence-corrected chi connectivity index (χ2v) is 14.1. The van der Waals surface area contributed by atoms with Crippen LogP contribution in [0.1, 0.15) is 38.7 Å². The van der Waals surface area contributed by atoms with Gasteiger partial charge in [-0.25, -0.2) is 18.2 Å². The Morgan fingerprint density at radius 2 is 1.92 bits per heavy atom. The van der Waals surface area contributed by atoms with E-state index in [2.05, 4.69) is 21.5 Å². The van der Waals surface area contributed by atoms with Crippen LogP contribution in [0.4, 0.5) is 37.3 Å². The molecule has 1 amide bonds. The standard InChI is InChI=1S/C33H33F6N7O2S/c1-4-23(47)45-12-17(3)46(13-16(45)2)29-20-10-21(33(37,38)39)24(19-6-7-22(35)28-27(19)41-30(40)49-28)25(36)26(20)42-31(43-29)48-15-32-8-5-9-44(32)14-18(34)11-32/h4,6-7,10,16-18H,1,5,8-9,11-15H2,2-3H3,(H2,40,41)/t16-,17+,18-,32-/m1/s1. The van der Waals surface area contributed by atoms with Gasteiger partial charge in [0.1, 0.15) is 29.9 Å². The molecule has 3 aliphatic heterocycles. The highest BCUT2D eigenvalue weighted by atomic mass is 32.1. The molecule has 0 saturated carbocycles. The Hall–Kier alpha value is -4.18. The van der Waals surface area contributed by atoms with E-state index in [0.717, 1.165) is 36.0 Å². The van der Waals surface area contributed by atoms with Gasteiger partial charge < -0.3 is 20.3 Å². The van der Waals surface area contributed by atoms with Gasteiger partial charge in [-0.3, -0.25) is 9.69 Å². The minimum absolute atomic E-state index is 0.00225. The average Bonchev–Trinajstić information content (AvgIpc) is 3.72. The van der Waals surface area contributed by atoms with Gasteiger partial charge >= 0.3 is 12.2 Å². The first-order chi connectivity index (χ1) is 23.2. The van der Waals surface area contributed by atoms with Crippen LogP contribution in [0.5, 0.6) is 6.01 Å². The van der Waals surface area contributed by atoms with Crippen molar-refractivity contribution in [3.05, 3.63) is 48.1 Å². The Morgan fingerprint density at radius 3 is 2.65 bits per heavy atom. The molecule has 7 rings (SSSR count). The fraction of sp³-hybridized carbons (Fsp3) is 0.455. The van der Waals surface area contributed by atoms with Gasteiger partial charge in [0.15, 0.2) is 10.9 Å². The summed E-state index contributed by atoms with van der Waals surface area (Å²) in [5.41, 5.74) is 2.00. The number of benzene rings is 2. The first-order valence-corrected chi connectivity index (χ1v) is 16.7. The number of thiazole rings is 1. The Morgan fingerprint density at radius 1 is 1.14 bits per heavy atom. The summed E-state index contributed by atoms with van der Waals surface area (Å²) < 4.78 is 96.8. The molecule has 2 N–H and O–H groups in total. The normalized spacial score (nSPS) is 24.6. The number of nitrogens with two attached hydrogens (primary N) is 1. The summed E-state index contributed by atoms with van der Waals surface area (Å²) in [6, 6.07) is 1.61. The number of nitrogens with zero attached hydrogens (tertiary/aromatic N) is 6. The summed E-state index contributed by atoms with van der Waals surface area (Å²) in [7, 11) is 0. The van der Waals surface area contributed by atoms with Crippen LogP contribution in [0.2, 0.25) is 0 Å². The molecule has 0 bridgehead atoms. The summed E-state index contributed by atoms with van der Waals surface area (Å²) in [6.45, 7) is 8.41. The minimum atomic E-state index is -5.07. The highest BCUT2D eigenvalue weighted by molar-refractivity contribution is 7.22. The Balaban J connectivity index is 1.43. The molecule has 4 aromatic rings. The predicted molar refractivity (Wildman–Crippen MR) is 174 cm³/mol. The second kappa shape index (κ2) is 12.0. The molecule has 0 unspecified atom stereocenters. The number of halogens is 6. The van der Waals surface area contributed by atoms with E-state index in [9.17, 15) is 26.7 Å². The highest BCUT2D eigenvalue weighted by Crippen LogP contribution is 2.47. The first kappa shape index (κ1) is 33.3. The fourth-order valence-corrected chi connectivity index (χ4v) is 8.41. The number of fused-ring (bicyclic) bond motifs is 3. The molecule has 0 spiro atoms. The van der Waals surface area contributed by atoms with Crippen LogP contribution in [0.15, 0.2) is 30.9 Å². The van der Waals surface area contributed by atoms with Crippen molar-refractivity contribution in [2.45, 2.75) is 63.1 Å². The molecule has 2 aromatic carbocycles. The molecule has 2 aromatic heterocycles. The van der Waals surface area contributed by atoms with E-state index in [4.69, 9.17) is 10.5 Å². The number of amides is 1. The molecule has 0 radical (unpaired) electrons. The fourth-order valence-electron chi connectivity index (χ4n) is 7.65. The van der Waals surface area contributed by atoms with Crippen molar-refractivity contribution in [2.75, 3.05) is 43.4 Å². The van der Waals surface area contributed by atoms with E-state index in [-0.39, 0.29) is 76.7 Å². The van der Waals surface area contributed by atoms with Crippen molar-refractivity contribution in [1.29, 1.82) is 0 Å². The molecule has 0 aliphatic carbocycles. The van der Waals surface area contributed by atoms with Crippen LogP contribution in [0.3, 0.4) is 0 Å². The lowest BCUT2D eigenvalue weighted by atomic mass is 9.94. The number of hydrogen-bond donors (Lipinski definition) is 1. The van der Waals surface area contributed by atoms with Crippen LogP contribution in [-0.2, 0) is 11.0 Å². The summed E-state index contributed by atoms with van der Waals surface area (Å²) in [4.78, 5) is 30.8. The van der Waals surface area contributed by atoms with E-state index in [1.807, 2.05) is 4.90 Å². The highest BCUT2D eigenvalue weighted by Gasteiger charge is 2.49. The summed E-state index contributed by atoms with van der Waals surface area (Å²) in [6.07, 6.45) is -3.16. The average molecular weight is 706 g/mol. The van der Waals surface area contributed by atoms with Crippen molar-refractivity contribution in [2.24, 2.45) is 0 Å². The van der Waals surface area contributed by atoms with Crippen molar-refractivity contribution >= 4 is 49.3 Å². The van der Waals surface area contributed by atoms with Gasteiger partial charge in [0.05, 0.1) is 21.3 Å². The third-order valence-electron chi connectivity index (χ3n) is 9.92. The topological polar surface area (TPSA) is 101 Å². The monoisotopic (exact) mass is 705 g/mol. The molecule has 9 nitrogen and oxygen atoms in total. The van der Waals surface area contributed by atoms with Crippen molar-refractivity contribution < 1.29 is 35.9 Å². The van der Waals surface area contributed by atoms with Gasteiger partial charge in [-0.05, 0) is 57.5 Å². The number of anilines is 2. The van der Waals surface area contributed by atoms with Crippen LogP contribution in [-0.4, -0.2) is 87.2 Å². The van der Waals surface area contributed by atoms with Gasteiger partial charge in [0, 0.05) is 54.7 Å². The van der Waals surface area contributed by atoms with E-state index >= 15 is 4.39 Å². The molecular formula is C33H33F6N7O2S. The third kappa shape index (κ3) is 5.62. The van der Waals surface area contributed by atoms with Gasteiger partial charge in [0.25, 0.3) is 0 Å². The van der Waals surface area contributed by atoms with Crippen LogP contribution in [0.25, 0.3) is 32.2 Å². The number of carbonyl (C=O) groups excluding carboxylic acids is 1. The Bertz CT molecular complexity index is 1990. The second-order valence-electron chi connectivity index (χ2n) is 13.1. The number of nitrogen functional groups attached to an aromatic ring is 1. The summed E-state index contributed by atoms with van der Waals surface area (Å²) >= 11 is 0.735. The molecule has 3 aliphatic rings. The predicted octanol–water partition coefficient (Wildman–Crippen LogP) is 6.35. The summed E-state index contributed by atoms with van der Waals surface area (Å²) in [5.74, 6) is -2.41. The van der Waals surface area contributed by atoms with Gasteiger partial charge in [-0.2, -0.15) is 23.1 Å². The summed E-state index contributed by atoms with van der Waals surface area (Å²) in [5, 5.41) is -0.332. The molecule has 49 heavy (non-hydrogen) atoms. The lowest BCUT2D eigenvalue weighted by molar-refractivity contribution is -0.137. The number of hydrogen-bond acceptors (Lipinski definition) is 9.